The first-order valence-electron chi connectivity index (χ1n) is 9.74. The Bertz CT molecular complexity index is 1140. The van der Waals surface area contributed by atoms with Crippen LogP contribution in [-0.4, -0.2) is 50.5 Å². The maximum atomic E-state index is 12.7. The van der Waals surface area contributed by atoms with Crippen LogP contribution in [0.1, 0.15) is 16.1 Å². The highest BCUT2D eigenvalue weighted by Crippen LogP contribution is 2.32. The summed E-state index contributed by atoms with van der Waals surface area (Å²) in [4.78, 5) is 14.7. The summed E-state index contributed by atoms with van der Waals surface area (Å²) in [6.45, 7) is 0.226. The molecule has 0 radical (unpaired) electrons. The van der Waals surface area contributed by atoms with Crippen molar-refractivity contribution in [3.8, 4) is 34.6 Å². The van der Waals surface area contributed by atoms with Crippen LogP contribution >= 0.6 is 0 Å². The van der Waals surface area contributed by atoms with Crippen LogP contribution in [0.15, 0.2) is 48.5 Å². The summed E-state index contributed by atoms with van der Waals surface area (Å²) in [6.07, 6.45) is 0. The van der Waals surface area contributed by atoms with E-state index in [2.05, 4.69) is 22.3 Å². The molecule has 3 rings (SSSR count). The lowest BCUT2D eigenvalue weighted by Gasteiger charge is -2.13. The number of hydrogen-bond acceptors (Lipinski definition) is 5. The molecule has 7 nitrogen and oxygen atoms in total. The number of nitrogens with zero attached hydrogens (tertiary/aromatic N) is 3. The molecule has 0 spiro atoms. The van der Waals surface area contributed by atoms with E-state index in [0.717, 1.165) is 16.8 Å². The van der Waals surface area contributed by atoms with Crippen LogP contribution in [0.4, 0.5) is 5.69 Å². The molecule has 1 aromatic heterocycles. The Morgan fingerprint density at radius 3 is 2.61 bits per heavy atom. The highest BCUT2D eigenvalue weighted by Gasteiger charge is 2.17. The number of aryl methyl sites for hydroxylation is 1. The Morgan fingerprint density at radius 2 is 1.90 bits per heavy atom. The third kappa shape index (κ3) is 4.98. The van der Waals surface area contributed by atoms with Crippen LogP contribution in [0.25, 0.3) is 11.3 Å². The summed E-state index contributed by atoms with van der Waals surface area (Å²) in [5.74, 6) is 7.21. The van der Waals surface area contributed by atoms with Crippen LogP contribution < -0.4 is 19.7 Å². The second-order valence-corrected chi connectivity index (χ2v) is 7.00. The number of carbonyl (C=O) groups excluding carboxylic acids is 1. The van der Waals surface area contributed by atoms with Gasteiger partial charge in [0.05, 0.1) is 32.1 Å². The molecule has 3 aromatic rings. The lowest BCUT2D eigenvalue weighted by atomic mass is 10.1. The predicted octanol–water partition coefficient (Wildman–Crippen LogP) is 2.95. The number of aromatic nitrogens is 2. The van der Waals surface area contributed by atoms with E-state index < -0.39 is 0 Å². The van der Waals surface area contributed by atoms with Crippen LogP contribution in [-0.2, 0) is 7.05 Å². The Hall–Kier alpha value is -3.92. The van der Waals surface area contributed by atoms with Crippen molar-refractivity contribution in [2.45, 2.75) is 0 Å². The molecule has 0 saturated carbocycles. The zero-order chi connectivity index (χ0) is 22.4. The van der Waals surface area contributed by atoms with Gasteiger partial charge in [0.15, 0.2) is 0 Å². The van der Waals surface area contributed by atoms with Gasteiger partial charge in [-0.25, -0.2) is 0 Å². The van der Waals surface area contributed by atoms with Gasteiger partial charge in [-0.05, 0) is 36.4 Å². The molecule has 2 aromatic carbocycles. The van der Waals surface area contributed by atoms with Crippen LogP contribution in [0.3, 0.4) is 0 Å². The number of methoxy groups -OCH3 is 2. The van der Waals surface area contributed by atoms with Crippen LogP contribution in [0, 0.1) is 11.8 Å². The summed E-state index contributed by atoms with van der Waals surface area (Å²) in [5.41, 5.74) is 3.74. The number of benzene rings is 2. The number of amides is 1. The zero-order valence-corrected chi connectivity index (χ0v) is 18.4. The molecule has 0 fully saturated rings. The summed E-state index contributed by atoms with van der Waals surface area (Å²) in [5, 5.41) is 7.30. The zero-order valence-electron chi connectivity index (χ0n) is 18.4. The van der Waals surface area contributed by atoms with Crippen molar-refractivity contribution < 1.29 is 14.3 Å². The molecule has 0 unspecified atom stereocenters. The number of hydrogen-bond donors (Lipinski definition) is 1. The lowest BCUT2D eigenvalue weighted by Crippen LogP contribution is -2.25. The summed E-state index contributed by atoms with van der Waals surface area (Å²) >= 11 is 0. The molecule has 1 amide bonds. The molecule has 0 saturated heterocycles. The van der Waals surface area contributed by atoms with Gasteiger partial charge < -0.3 is 19.7 Å². The van der Waals surface area contributed by atoms with Crippen molar-refractivity contribution in [2.24, 2.45) is 7.05 Å². The molecule has 0 aliphatic rings. The van der Waals surface area contributed by atoms with E-state index in [9.17, 15) is 4.79 Å². The number of rotatable bonds is 6. The molecule has 0 aliphatic carbocycles. The van der Waals surface area contributed by atoms with Crippen molar-refractivity contribution in [3.05, 3.63) is 59.8 Å². The van der Waals surface area contributed by atoms with Crippen LogP contribution in [0.2, 0.25) is 0 Å². The van der Waals surface area contributed by atoms with Crippen molar-refractivity contribution in [1.29, 1.82) is 0 Å². The number of anilines is 1. The standard InChI is InChI=1S/C24H26N4O3/c1-27(2)21-11-7-6-9-17(21)10-8-14-25-24(29)22-16-20(26-28(22)3)19-15-18(30-4)12-13-23(19)31-5/h6-7,9,11-13,15-16H,14H2,1-5H3,(H,25,29). The average Bonchev–Trinajstić information content (AvgIpc) is 3.17. The minimum atomic E-state index is -0.252. The van der Waals surface area contributed by atoms with Crippen molar-refractivity contribution in [3.63, 3.8) is 0 Å². The third-order valence-electron chi connectivity index (χ3n) is 4.74. The smallest absolute Gasteiger partial charge is 0.270 e. The third-order valence-corrected chi connectivity index (χ3v) is 4.74. The maximum absolute atomic E-state index is 12.7. The highest BCUT2D eigenvalue weighted by molar-refractivity contribution is 5.94. The van der Waals surface area contributed by atoms with Gasteiger partial charge in [-0.1, -0.05) is 24.0 Å². The minimum absolute atomic E-state index is 0.226. The van der Waals surface area contributed by atoms with E-state index in [-0.39, 0.29) is 12.5 Å². The van der Waals surface area contributed by atoms with Gasteiger partial charge in [0.1, 0.15) is 17.2 Å². The normalized spacial score (nSPS) is 10.1. The maximum Gasteiger partial charge on any atom is 0.270 e. The first-order chi connectivity index (χ1) is 14.9. The van der Waals surface area contributed by atoms with Gasteiger partial charge in [0, 0.05) is 32.3 Å². The number of ether oxygens (including phenoxy) is 2. The summed E-state index contributed by atoms with van der Waals surface area (Å²) in [6, 6.07) is 15.1. The fourth-order valence-electron chi connectivity index (χ4n) is 3.15. The van der Waals surface area contributed by atoms with E-state index in [1.54, 1.807) is 32.0 Å². The first-order valence-corrected chi connectivity index (χ1v) is 9.74. The molecule has 1 heterocycles. The van der Waals surface area contributed by atoms with Gasteiger partial charge in [-0.2, -0.15) is 5.10 Å². The topological polar surface area (TPSA) is 68.6 Å². The summed E-state index contributed by atoms with van der Waals surface area (Å²) in [7, 11) is 8.86. The number of para-hydroxylation sites is 1. The van der Waals surface area contributed by atoms with Gasteiger partial charge in [-0.3, -0.25) is 9.48 Å². The first kappa shape index (κ1) is 21.8. The van der Waals surface area contributed by atoms with Crippen molar-refractivity contribution in [2.75, 3.05) is 39.8 Å². The minimum Gasteiger partial charge on any atom is -0.497 e. The number of carbonyl (C=O) groups is 1. The van der Waals surface area contributed by atoms with Gasteiger partial charge in [0.2, 0.25) is 0 Å². The molecule has 160 valence electrons. The van der Waals surface area contributed by atoms with Gasteiger partial charge in [-0.15, -0.1) is 0 Å². The predicted molar refractivity (Wildman–Crippen MR) is 122 cm³/mol. The fourth-order valence-corrected chi connectivity index (χ4v) is 3.15. The van der Waals surface area contributed by atoms with Crippen molar-refractivity contribution in [1.82, 2.24) is 15.1 Å². The molecule has 0 bridgehead atoms. The number of nitrogens with one attached hydrogen (secondary N) is 1. The Balaban J connectivity index is 1.75. The van der Waals surface area contributed by atoms with E-state index in [1.807, 2.05) is 61.5 Å². The second kappa shape index (κ2) is 9.72. The molecular weight excluding hydrogens is 392 g/mol. The van der Waals surface area contributed by atoms with E-state index >= 15 is 0 Å². The SMILES string of the molecule is COc1ccc(OC)c(-c2cc(C(=O)NCC#Cc3ccccc3N(C)C)n(C)n2)c1. The molecule has 31 heavy (non-hydrogen) atoms. The monoisotopic (exact) mass is 418 g/mol. The molecule has 7 heteroatoms. The summed E-state index contributed by atoms with van der Waals surface area (Å²) < 4.78 is 12.3. The molecule has 0 atom stereocenters. The van der Waals surface area contributed by atoms with E-state index in [1.165, 1.54) is 0 Å². The Kier molecular flexibility index (Phi) is 6.83. The van der Waals surface area contributed by atoms with E-state index in [4.69, 9.17) is 9.47 Å². The highest BCUT2D eigenvalue weighted by atomic mass is 16.5. The second-order valence-electron chi connectivity index (χ2n) is 7.00. The van der Waals surface area contributed by atoms with Crippen LogP contribution in [0.5, 0.6) is 11.5 Å². The van der Waals surface area contributed by atoms with Gasteiger partial charge >= 0.3 is 0 Å². The van der Waals surface area contributed by atoms with Gasteiger partial charge in [0.25, 0.3) is 5.91 Å². The van der Waals surface area contributed by atoms with E-state index in [0.29, 0.717) is 22.9 Å². The lowest BCUT2D eigenvalue weighted by molar-refractivity contribution is 0.0949. The Labute approximate surface area is 182 Å². The average molecular weight is 418 g/mol. The molecule has 0 aliphatic heterocycles. The molecule has 1 N–H and O–H groups in total. The Morgan fingerprint density at radius 1 is 1.13 bits per heavy atom. The fraction of sp³-hybridized carbons (Fsp3) is 0.250. The molecular formula is C24H26N4O3. The largest absolute Gasteiger partial charge is 0.497 e. The van der Waals surface area contributed by atoms with Crippen molar-refractivity contribution >= 4 is 11.6 Å². The quantitative estimate of drug-likeness (QED) is 0.624.